The Balaban J connectivity index is 2.70. The quantitative estimate of drug-likeness (QED) is 0.599. The molecule has 0 atom stereocenters. The molecule has 0 fully saturated rings. The van der Waals surface area contributed by atoms with E-state index in [2.05, 4.69) is 43.9 Å². The predicted molar refractivity (Wildman–Crippen MR) is 67.0 cm³/mol. The van der Waals surface area contributed by atoms with Gasteiger partial charge in [0, 0.05) is 12.4 Å². The fourth-order valence-corrected chi connectivity index (χ4v) is 2.69. The van der Waals surface area contributed by atoms with Gasteiger partial charge in [-0.3, -0.25) is 4.68 Å². The molecule has 14 heavy (non-hydrogen) atoms. The summed E-state index contributed by atoms with van der Waals surface area (Å²) in [6.45, 7) is 2.13. The van der Waals surface area contributed by atoms with Crippen LogP contribution in [0.2, 0.25) is 0 Å². The minimum absolute atomic E-state index is 0.993. The largest absolute Gasteiger partial charge is 0.271 e. The van der Waals surface area contributed by atoms with Crippen LogP contribution in [-0.4, -0.2) is 15.1 Å². The summed E-state index contributed by atoms with van der Waals surface area (Å²) in [5.41, 5.74) is 2.49. The fourth-order valence-electron chi connectivity index (χ4n) is 1.48. The highest BCUT2D eigenvalue weighted by molar-refractivity contribution is 9.10. The highest BCUT2D eigenvalue weighted by atomic mass is 79.9. The Hall–Kier alpha value is 0.170. The van der Waals surface area contributed by atoms with Crippen LogP contribution < -0.4 is 0 Å². The van der Waals surface area contributed by atoms with Crippen molar-refractivity contribution in [2.45, 2.75) is 32.6 Å². The van der Waals surface area contributed by atoms with E-state index >= 15 is 0 Å². The van der Waals surface area contributed by atoms with Crippen molar-refractivity contribution in [1.82, 2.24) is 9.78 Å². The summed E-state index contributed by atoms with van der Waals surface area (Å²) in [6, 6.07) is 0. The Morgan fingerprint density at radius 2 is 2.07 bits per heavy atom. The lowest BCUT2D eigenvalue weighted by Gasteiger charge is -2.01. The molecule has 1 aromatic heterocycles. The Morgan fingerprint density at radius 1 is 1.36 bits per heavy atom. The van der Waals surface area contributed by atoms with Gasteiger partial charge in [-0.25, -0.2) is 0 Å². The van der Waals surface area contributed by atoms with Crippen LogP contribution >= 0.6 is 31.9 Å². The molecular weight excluding hydrogens is 308 g/mol. The molecule has 0 N–H and O–H groups in total. The number of hydrogen-bond acceptors (Lipinski definition) is 1. The minimum Gasteiger partial charge on any atom is -0.271 e. The third-order valence-corrected chi connectivity index (χ3v) is 3.78. The summed E-state index contributed by atoms with van der Waals surface area (Å²) in [5.74, 6) is 0. The number of aryl methyl sites for hydroxylation is 2. The molecule has 0 amide bonds. The first-order valence-electron chi connectivity index (χ1n) is 4.96. The molecule has 0 saturated heterocycles. The molecule has 0 unspecified atom stereocenters. The maximum atomic E-state index is 4.47. The van der Waals surface area contributed by atoms with Gasteiger partial charge in [-0.15, -0.1) is 0 Å². The van der Waals surface area contributed by atoms with E-state index in [1.807, 2.05) is 11.7 Å². The van der Waals surface area contributed by atoms with Crippen LogP contribution in [0.15, 0.2) is 4.47 Å². The Kier molecular flexibility index (Phi) is 5.17. The first kappa shape index (κ1) is 12.2. The fraction of sp³-hybridized carbons (Fsp3) is 0.700. The molecule has 0 aliphatic heterocycles. The predicted octanol–water partition coefficient (Wildman–Crippen LogP) is 3.46. The number of nitrogens with zero attached hydrogens (tertiary/aromatic N) is 2. The smallest absolute Gasteiger partial charge is 0.0766 e. The van der Waals surface area contributed by atoms with Crippen LogP contribution in [-0.2, 0) is 19.9 Å². The van der Waals surface area contributed by atoms with E-state index in [4.69, 9.17) is 0 Å². The molecule has 0 aliphatic rings. The second-order valence-corrected chi connectivity index (χ2v) is 4.92. The highest BCUT2D eigenvalue weighted by Crippen LogP contribution is 2.23. The van der Waals surface area contributed by atoms with E-state index in [9.17, 15) is 0 Å². The maximum absolute atomic E-state index is 4.47. The normalized spacial score (nSPS) is 10.9. The third-order valence-electron chi connectivity index (χ3n) is 2.30. The van der Waals surface area contributed by atoms with Crippen molar-refractivity contribution in [2.75, 3.05) is 5.33 Å². The van der Waals surface area contributed by atoms with E-state index in [0.29, 0.717) is 0 Å². The first-order valence-corrected chi connectivity index (χ1v) is 6.88. The van der Waals surface area contributed by atoms with Gasteiger partial charge in [0.15, 0.2) is 0 Å². The third kappa shape index (κ3) is 2.83. The van der Waals surface area contributed by atoms with Gasteiger partial charge in [0.05, 0.1) is 15.9 Å². The molecule has 0 bridgehead atoms. The molecule has 0 aromatic carbocycles. The molecule has 80 valence electrons. The van der Waals surface area contributed by atoms with E-state index in [0.717, 1.165) is 18.2 Å². The summed E-state index contributed by atoms with van der Waals surface area (Å²) >= 11 is 7.06. The van der Waals surface area contributed by atoms with Crippen molar-refractivity contribution in [3.63, 3.8) is 0 Å². The van der Waals surface area contributed by atoms with E-state index in [-0.39, 0.29) is 0 Å². The summed E-state index contributed by atoms with van der Waals surface area (Å²) in [5, 5.41) is 5.55. The van der Waals surface area contributed by atoms with Crippen molar-refractivity contribution in [3.05, 3.63) is 15.9 Å². The van der Waals surface area contributed by atoms with Gasteiger partial charge in [0.1, 0.15) is 0 Å². The maximum Gasteiger partial charge on any atom is 0.0766 e. The Morgan fingerprint density at radius 3 is 2.57 bits per heavy atom. The topological polar surface area (TPSA) is 17.8 Å². The summed E-state index contributed by atoms with van der Waals surface area (Å²) in [6.07, 6.45) is 4.54. The van der Waals surface area contributed by atoms with Gasteiger partial charge in [0.25, 0.3) is 0 Å². The van der Waals surface area contributed by atoms with Gasteiger partial charge < -0.3 is 0 Å². The molecule has 1 rings (SSSR count). The molecule has 0 spiro atoms. The van der Waals surface area contributed by atoms with Crippen molar-refractivity contribution in [2.24, 2.45) is 7.05 Å². The zero-order valence-corrected chi connectivity index (χ0v) is 11.9. The summed E-state index contributed by atoms with van der Waals surface area (Å²) in [7, 11) is 2.02. The highest BCUT2D eigenvalue weighted by Gasteiger charge is 2.11. The number of rotatable bonds is 5. The minimum atomic E-state index is 0.993. The van der Waals surface area contributed by atoms with E-state index in [1.54, 1.807) is 0 Å². The average Bonchev–Trinajstić information content (AvgIpc) is 2.45. The zero-order chi connectivity index (χ0) is 10.6. The van der Waals surface area contributed by atoms with Gasteiger partial charge >= 0.3 is 0 Å². The molecule has 1 aromatic rings. The molecule has 0 saturated carbocycles. The van der Waals surface area contributed by atoms with Crippen LogP contribution in [0.3, 0.4) is 0 Å². The summed E-state index contributed by atoms with van der Waals surface area (Å²) < 4.78 is 3.20. The molecule has 1 heterocycles. The van der Waals surface area contributed by atoms with Gasteiger partial charge in [-0.05, 0) is 41.6 Å². The number of alkyl halides is 1. The molecule has 0 radical (unpaired) electrons. The SMILES string of the molecule is CCc1nn(C)c(CCCCBr)c1Br. The number of hydrogen-bond donors (Lipinski definition) is 0. The Labute approximate surface area is 102 Å². The number of unbranched alkanes of at least 4 members (excludes halogenated alkanes) is 1. The van der Waals surface area contributed by atoms with Crippen LogP contribution in [0, 0.1) is 0 Å². The van der Waals surface area contributed by atoms with E-state index in [1.165, 1.54) is 28.7 Å². The van der Waals surface area contributed by atoms with Crippen molar-refractivity contribution in [1.29, 1.82) is 0 Å². The lowest BCUT2D eigenvalue weighted by Crippen LogP contribution is -1.98. The second-order valence-electron chi connectivity index (χ2n) is 3.33. The second kappa shape index (κ2) is 5.91. The first-order chi connectivity index (χ1) is 6.70. The van der Waals surface area contributed by atoms with E-state index < -0.39 is 0 Å². The van der Waals surface area contributed by atoms with Crippen molar-refractivity contribution in [3.8, 4) is 0 Å². The van der Waals surface area contributed by atoms with Gasteiger partial charge in [-0.1, -0.05) is 22.9 Å². The van der Waals surface area contributed by atoms with Crippen LogP contribution in [0.4, 0.5) is 0 Å². The number of aromatic nitrogens is 2. The molecule has 2 nitrogen and oxygen atoms in total. The van der Waals surface area contributed by atoms with Crippen LogP contribution in [0.5, 0.6) is 0 Å². The van der Waals surface area contributed by atoms with Crippen LogP contribution in [0.1, 0.15) is 31.2 Å². The molecule has 4 heteroatoms. The monoisotopic (exact) mass is 322 g/mol. The van der Waals surface area contributed by atoms with Crippen LogP contribution in [0.25, 0.3) is 0 Å². The molecule has 0 aliphatic carbocycles. The zero-order valence-electron chi connectivity index (χ0n) is 8.69. The standard InChI is InChI=1S/C10H16Br2N2/c1-3-8-10(12)9(14(2)13-8)6-4-5-7-11/h3-7H2,1-2H3. The lowest BCUT2D eigenvalue weighted by molar-refractivity contribution is 0.671. The van der Waals surface area contributed by atoms with Gasteiger partial charge in [0.2, 0.25) is 0 Å². The molecular formula is C10H16Br2N2. The van der Waals surface area contributed by atoms with Gasteiger partial charge in [-0.2, -0.15) is 5.10 Å². The van der Waals surface area contributed by atoms with Crippen molar-refractivity contribution < 1.29 is 0 Å². The van der Waals surface area contributed by atoms with Crippen molar-refractivity contribution >= 4 is 31.9 Å². The lowest BCUT2D eigenvalue weighted by atomic mass is 10.2. The average molecular weight is 324 g/mol. The summed E-state index contributed by atoms with van der Waals surface area (Å²) in [4.78, 5) is 0. The number of halogens is 2. The Bertz CT molecular complexity index is 295.